The van der Waals surface area contributed by atoms with Gasteiger partial charge in [0.05, 0.1) is 4.92 Å². The normalized spacial score (nSPS) is 15.8. The summed E-state index contributed by atoms with van der Waals surface area (Å²) < 4.78 is 0.924. The zero-order valence-corrected chi connectivity index (χ0v) is 15.2. The van der Waals surface area contributed by atoms with Crippen molar-refractivity contribution in [2.24, 2.45) is 0 Å². The van der Waals surface area contributed by atoms with Crippen molar-refractivity contribution in [2.45, 2.75) is 0 Å². The molecule has 0 unspecified atom stereocenters. The van der Waals surface area contributed by atoms with Gasteiger partial charge >= 0.3 is 5.69 Å². The van der Waals surface area contributed by atoms with E-state index in [4.69, 9.17) is 0 Å². The zero-order chi connectivity index (χ0) is 17.8. The highest BCUT2D eigenvalue weighted by molar-refractivity contribution is 9.10. The quantitative estimate of drug-likeness (QED) is 0.575. The van der Waals surface area contributed by atoms with Crippen molar-refractivity contribution in [3.63, 3.8) is 0 Å². The summed E-state index contributed by atoms with van der Waals surface area (Å²) in [6, 6.07) is 7.31. The van der Waals surface area contributed by atoms with Crippen LogP contribution in [0, 0.1) is 10.1 Å². The molecule has 1 aliphatic rings. The van der Waals surface area contributed by atoms with Gasteiger partial charge < -0.3 is 10.2 Å². The molecule has 1 aliphatic heterocycles. The van der Waals surface area contributed by atoms with E-state index in [2.05, 4.69) is 41.5 Å². The first-order valence-corrected chi connectivity index (χ1v) is 8.54. The van der Waals surface area contributed by atoms with E-state index >= 15 is 0 Å². The highest BCUT2D eigenvalue weighted by Gasteiger charge is 2.25. The molecule has 2 N–H and O–H groups in total. The van der Waals surface area contributed by atoms with Crippen molar-refractivity contribution in [3.05, 3.63) is 45.2 Å². The molecule has 2 heterocycles. The lowest BCUT2D eigenvalue weighted by atomic mass is 10.3. The second-order valence-electron chi connectivity index (χ2n) is 5.71. The average molecular weight is 408 g/mol. The van der Waals surface area contributed by atoms with Crippen LogP contribution in [0.25, 0.3) is 0 Å². The van der Waals surface area contributed by atoms with Gasteiger partial charge in [-0.25, -0.2) is 15.0 Å². The lowest BCUT2D eigenvalue weighted by Gasteiger charge is -2.32. The summed E-state index contributed by atoms with van der Waals surface area (Å²) in [7, 11) is 2.05. The van der Waals surface area contributed by atoms with Gasteiger partial charge in [-0.1, -0.05) is 15.9 Å². The third kappa shape index (κ3) is 4.41. The maximum absolute atomic E-state index is 11.6. The van der Waals surface area contributed by atoms with E-state index in [1.165, 1.54) is 6.33 Å². The number of likely N-dealkylation sites (N-methyl/N-ethyl adjacent to an activating group) is 1. The minimum Gasteiger partial charge on any atom is -0.334 e. The first-order chi connectivity index (χ1) is 12.0. The lowest BCUT2D eigenvalue weighted by molar-refractivity contribution is -0.383. The highest BCUT2D eigenvalue weighted by Crippen LogP contribution is 2.31. The highest BCUT2D eigenvalue weighted by atomic mass is 79.9. The largest absolute Gasteiger partial charge is 0.354 e. The molecule has 132 valence electrons. The molecule has 9 nitrogen and oxygen atoms in total. The number of halogens is 1. The number of piperazine rings is 1. The van der Waals surface area contributed by atoms with Crippen molar-refractivity contribution in [3.8, 4) is 0 Å². The molecule has 10 heteroatoms. The number of hydrogen-bond acceptors (Lipinski definition) is 8. The molecule has 1 aromatic carbocycles. The monoisotopic (exact) mass is 407 g/mol. The summed E-state index contributed by atoms with van der Waals surface area (Å²) in [5.74, 6) is 0.336. The second kappa shape index (κ2) is 7.72. The first-order valence-electron chi connectivity index (χ1n) is 7.75. The van der Waals surface area contributed by atoms with E-state index in [-0.39, 0.29) is 17.3 Å². The van der Waals surface area contributed by atoms with Crippen LogP contribution in [-0.2, 0) is 0 Å². The number of hydrogen-bond donors (Lipinski definition) is 2. The van der Waals surface area contributed by atoms with Crippen molar-refractivity contribution >= 4 is 38.9 Å². The van der Waals surface area contributed by atoms with Gasteiger partial charge in [-0.15, -0.1) is 0 Å². The van der Waals surface area contributed by atoms with Crippen LogP contribution < -0.4 is 10.7 Å². The van der Waals surface area contributed by atoms with E-state index in [1.54, 1.807) is 0 Å². The summed E-state index contributed by atoms with van der Waals surface area (Å²) in [6.07, 6.45) is 1.31. The maximum atomic E-state index is 11.6. The van der Waals surface area contributed by atoms with Crippen LogP contribution >= 0.6 is 15.9 Å². The Balaban J connectivity index is 1.83. The fourth-order valence-electron chi connectivity index (χ4n) is 2.46. The Morgan fingerprint density at radius 2 is 1.76 bits per heavy atom. The molecule has 0 aliphatic carbocycles. The molecule has 0 amide bonds. The Bertz CT molecular complexity index is 748. The van der Waals surface area contributed by atoms with E-state index in [0.29, 0.717) is 5.69 Å². The minimum absolute atomic E-state index is 0.152. The third-order valence-electron chi connectivity index (χ3n) is 3.88. The molecule has 0 spiro atoms. The van der Waals surface area contributed by atoms with E-state index in [1.807, 2.05) is 36.3 Å². The molecule has 1 fully saturated rings. The molecule has 3 rings (SSSR count). The number of benzene rings is 1. The van der Waals surface area contributed by atoms with Crippen molar-refractivity contribution in [1.82, 2.24) is 19.9 Å². The van der Waals surface area contributed by atoms with E-state index in [9.17, 15) is 10.1 Å². The van der Waals surface area contributed by atoms with Crippen LogP contribution in [-0.4, -0.2) is 58.0 Å². The Hall–Kier alpha value is -2.30. The van der Waals surface area contributed by atoms with Crippen LogP contribution in [0.5, 0.6) is 0 Å². The maximum Gasteiger partial charge on any atom is 0.354 e. The predicted octanol–water partition coefficient (Wildman–Crippen LogP) is 2.47. The van der Waals surface area contributed by atoms with Crippen molar-refractivity contribution in [2.75, 3.05) is 44.0 Å². The standard InChI is InChI=1S/C15H18BrN7O2/c1-21-6-8-22(9-7-21)20-15-13(23(24)25)14(17-10-18-15)19-12-4-2-11(16)3-5-12/h2-5,10H,6-9H2,1H3,(H2,17,18,19,20). The lowest BCUT2D eigenvalue weighted by Crippen LogP contribution is -2.47. The summed E-state index contributed by atoms with van der Waals surface area (Å²) >= 11 is 3.36. The smallest absolute Gasteiger partial charge is 0.334 e. The summed E-state index contributed by atoms with van der Waals surface area (Å²) in [5.41, 5.74) is 3.58. The second-order valence-corrected chi connectivity index (χ2v) is 6.63. The van der Waals surface area contributed by atoms with Crippen LogP contribution in [0.2, 0.25) is 0 Å². The molecule has 25 heavy (non-hydrogen) atoms. The van der Waals surface area contributed by atoms with Gasteiger partial charge in [-0.2, -0.15) is 0 Å². The van der Waals surface area contributed by atoms with Crippen molar-refractivity contribution < 1.29 is 4.92 Å². The van der Waals surface area contributed by atoms with Crippen LogP contribution in [0.4, 0.5) is 23.0 Å². The molecular formula is C15H18BrN7O2. The Labute approximate surface area is 153 Å². The van der Waals surface area contributed by atoms with Gasteiger partial charge in [-0.3, -0.25) is 15.5 Å². The van der Waals surface area contributed by atoms with Gasteiger partial charge in [0, 0.05) is 36.3 Å². The number of nitrogens with zero attached hydrogens (tertiary/aromatic N) is 5. The molecule has 1 aromatic heterocycles. The predicted molar refractivity (Wildman–Crippen MR) is 98.8 cm³/mol. The number of aromatic nitrogens is 2. The number of nitrogens with one attached hydrogen (secondary N) is 2. The van der Waals surface area contributed by atoms with E-state index in [0.717, 1.165) is 30.7 Å². The Morgan fingerprint density at radius 1 is 1.12 bits per heavy atom. The van der Waals surface area contributed by atoms with Gasteiger partial charge in [-0.05, 0) is 31.3 Å². The van der Waals surface area contributed by atoms with Crippen LogP contribution in [0.3, 0.4) is 0 Å². The number of nitro groups is 1. The summed E-state index contributed by atoms with van der Waals surface area (Å²) in [4.78, 5) is 21.4. The summed E-state index contributed by atoms with van der Waals surface area (Å²) in [6.45, 7) is 3.28. The number of anilines is 3. The molecule has 0 bridgehead atoms. The average Bonchev–Trinajstić information content (AvgIpc) is 2.59. The van der Waals surface area contributed by atoms with Gasteiger partial charge in [0.15, 0.2) is 0 Å². The van der Waals surface area contributed by atoms with Crippen LogP contribution in [0.15, 0.2) is 35.1 Å². The molecule has 0 atom stereocenters. The molecule has 2 aromatic rings. The van der Waals surface area contributed by atoms with Crippen LogP contribution in [0.1, 0.15) is 0 Å². The molecule has 0 radical (unpaired) electrons. The van der Waals surface area contributed by atoms with Gasteiger partial charge in [0.2, 0.25) is 11.6 Å². The molecule has 0 saturated carbocycles. The van der Waals surface area contributed by atoms with Gasteiger partial charge in [0.1, 0.15) is 6.33 Å². The Kier molecular flexibility index (Phi) is 5.41. The Morgan fingerprint density at radius 3 is 2.40 bits per heavy atom. The third-order valence-corrected chi connectivity index (χ3v) is 4.41. The summed E-state index contributed by atoms with van der Waals surface area (Å²) in [5, 5.41) is 16.5. The molecular weight excluding hydrogens is 390 g/mol. The fourth-order valence-corrected chi connectivity index (χ4v) is 2.73. The SMILES string of the molecule is CN1CCN(Nc2ncnc(Nc3ccc(Br)cc3)c2[N+](=O)[O-])CC1. The van der Waals surface area contributed by atoms with Crippen molar-refractivity contribution in [1.29, 1.82) is 0 Å². The minimum atomic E-state index is -0.473. The fraction of sp³-hybridized carbons (Fsp3) is 0.333. The van der Waals surface area contributed by atoms with E-state index < -0.39 is 4.92 Å². The number of rotatable bonds is 5. The topological polar surface area (TPSA) is 99.5 Å². The van der Waals surface area contributed by atoms with Gasteiger partial charge in [0.25, 0.3) is 0 Å². The number of hydrazine groups is 1. The zero-order valence-electron chi connectivity index (χ0n) is 13.6. The first kappa shape index (κ1) is 17.5. The molecule has 1 saturated heterocycles.